The Balaban J connectivity index is 1.66. The minimum absolute atomic E-state index is 0.0533. The van der Waals surface area contributed by atoms with Crippen LogP contribution in [-0.2, 0) is 26.0 Å². The first-order valence-corrected chi connectivity index (χ1v) is 16.5. The van der Waals surface area contributed by atoms with Gasteiger partial charge in [0, 0.05) is 18.7 Å². The summed E-state index contributed by atoms with van der Waals surface area (Å²) in [7, 11) is -1.34. The van der Waals surface area contributed by atoms with E-state index in [4.69, 9.17) is 9.47 Å². The summed E-state index contributed by atoms with van der Waals surface area (Å²) in [6.07, 6.45) is 5.64. The van der Waals surface area contributed by atoms with E-state index in [1.807, 2.05) is 37.3 Å². The summed E-state index contributed by atoms with van der Waals surface area (Å²) in [6, 6.07) is 20.3. The van der Waals surface area contributed by atoms with Gasteiger partial charge in [-0.05, 0) is 62.9 Å². The maximum absolute atomic E-state index is 14.2. The van der Waals surface area contributed by atoms with Crippen LogP contribution in [0.1, 0.15) is 50.2 Å². The highest BCUT2D eigenvalue weighted by Crippen LogP contribution is 2.32. The van der Waals surface area contributed by atoms with Crippen molar-refractivity contribution in [3.8, 4) is 11.5 Å². The van der Waals surface area contributed by atoms with Crippen molar-refractivity contribution in [1.82, 2.24) is 10.2 Å². The van der Waals surface area contributed by atoms with Gasteiger partial charge in [-0.1, -0.05) is 67.3 Å². The van der Waals surface area contributed by atoms with Gasteiger partial charge < -0.3 is 19.7 Å². The first-order valence-electron chi connectivity index (χ1n) is 15.1. The summed E-state index contributed by atoms with van der Waals surface area (Å²) >= 11 is 0. The number of amides is 2. The molecule has 1 atom stereocenters. The van der Waals surface area contributed by atoms with Crippen LogP contribution in [0.2, 0.25) is 0 Å². The van der Waals surface area contributed by atoms with Gasteiger partial charge in [-0.15, -0.1) is 0 Å². The highest BCUT2D eigenvalue weighted by atomic mass is 32.2. The van der Waals surface area contributed by atoms with E-state index >= 15 is 0 Å². The molecule has 236 valence electrons. The average molecular weight is 622 g/mol. The van der Waals surface area contributed by atoms with E-state index in [1.165, 1.54) is 37.3 Å². The molecule has 0 aliphatic heterocycles. The minimum atomic E-state index is -4.24. The van der Waals surface area contributed by atoms with Crippen LogP contribution in [0.4, 0.5) is 5.69 Å². The third-order valence-electron chi connectivity index (χ3n) is 8.15. The van der Waals surface area contributed by atoms with Crippen LogP contribution >= 0.6 is 0 Å². The Hall–Kier alpha value is -4.05. The molecule has 1 saturated carbocycles. The van der Waals surface area contributed by atoms with Crippen molar-refractivity contribution in [2.24, 2.45) is 0 Å². The van der Waals surface area contributed by atoms with E-state index < -0.39 is 28.5 Å². The Morgan fingerprint density at radius 2 is 1.57 bits per heavy atom. The maximum atomic E-state index is 14.2. The molecule has 1 aliphatic carbocycles. The van der Waals surface area contributed by atoms with Crippen molar-refractivity contribution in [1.29, 1.82) is 0 Å². The quantitative estimate of drug-likeness (QED) is 0.284. The highest BCUT2D eigenvalue weighted by Gasteiger charge is 2.33. The normalized spacial score (nSPS) is 14.4. The summed E-state index contributed by atoms with van der Waals surface area (Å²) in [5.41, 5.74) is 2.29. The number of benzene rings is 3. The molecule has 2 amide bonds. The molecule has 9 nitrogen and oxygen atoms in total. The van der Waals surface area contributed by atoms with Crippen molar-refractivity contribution in [3.05, 3.63) is 83.9 Å². The molecule has 10 heteroatoms. The zero-order valence-corrected chi connectivity index (χ0v) is 26.8. The van der Waals surface area contributed by atoms with Crippen molar-refractivity contribution in [2.45, 2.75) is 69.4 Å². The largest absolute Gasteiger partial charge is 0.493 e. The Morgan fingerprint density at radius 1 is 0.909 bits per heavy atom. The number of nitrogens with one attached hydrogen (secondary N) is 1. The monoisotopic (exact) mass is 621 g/mol. The van der Waals surface area contributed by atoms with E-state index in [-0.39, 0.29) is 29.1 Å². The summed E-state index contributed by atoms with van der Waals surface area (Å²) < 4.78 is 40.1. The number of nitrogens with zero attached hydrogens (tertiary/aromatic N) is 2. The predicted octanol–water partition coefficient (Wildman–Crippen LogP) is 5.12. The van der Waals surface area contributed by atoms with E-state index in [0.717, 1.165) is 47.5 Å². The molecule has 1 N–H and O–H groups in total. The second-order valence-electron chi connectivity index (χ2n) is 11.2. The molecule has 0 saturated heterocycles. The topological polar surface area (TPSA) is 105 Å². The number of aryl methyl sites for hydroxylation is 1. The number of hydrogen-bond acceptors (Lipinski definition) is 6. The Labute approximate surface area is 261 Å². The van der Waals surface area contributed by atoms with Crippen LogP contribution in [0.5, 0.6) is 11.5 Å². The van der Waals surface area contributed by atoms with Crippen molar-refractivity contribution in [2.75, 3.05) is 31.6 Å². The maximum Gasteiger partial charge on any atom is 0.264 e. The van der Waals surface area contributed by atoms with Gasteiger partial charge in [0.25, 0.3) is 10.0 Å². The number of anilines is 1. The fourth-order valence-corrected chi connectivity index (χ4v) is 6.91. The molecule has 0 bridgehead atoms. The van der Waals surface area contributed by atoms with Gasteiger partial charge in [-0.3, -0.25) is 13.9 Å². The lowest BCUT2D eigenvalue weighted by molar-refractivity contribution is -0.139. The fraction of sp³-hybridized carbons (Fsp3) is 0.412. The SMILES string of the molecule is COc1ccc(S(=O)(=O)N(CC(=O)N(CCc2ccccc2)[C@@H](C)C(=O)NC2CCCCC2)c2ccc(C)cc2)cc1OC. The van der Waals surface area contributed by atoms with Crippen molar-refractivity contribution < 1.29 is 27.5 Å². The van der Waals surface area contributed by atoms with E-state index in [9.17, 15) is 18.0 Å². The first kappa shape index (κ1) is 32.9. The molecule has 0 heterocycles. The molecule has 1 aliphatic rings. The highest BCUT2D eigenvalue weighted by molar-refractivity contribution is 7.92. The number of methoxy groups -OCH3 is 2. The fourth-order valence-electron chi connectivity index (χ4n) is 5.48. The second-order valence-corrected chi connectivity index (χ2v) is 13.1. The smallest absolute Gasteiger partial charge is 0.264 e. The number of carbonyl (C=O) groups excluding carboxylic acids is 2. The van der Waals surface area contributed by atoms with E-state index in [1.54, 1.807) is 31.2 Å². The number of sulfonamides is 1. The van der Waals surface area contributed by atoms with Crippen LogP contribution in [0, 0.1) is 6.92 Å². The zero-order valence-electron chi connectivity index (χ0n) is 26.0. The number of carbonyl (C=O) groups is 2. The Morgan fingerprint density at radius 3 is 2.20 bits per heavy atom. The lowest BCUT2D eigenvalue weighted by atomic mass is 9.95. The van der Waals surface area contributed by atoms with E-state index in [0.29, 0.717) is 17.9 Å². The third-order valence-corrected chi connectivity index (χ3v) is 9.92. The average Bonchev–Trinajstić information content (AvgIpc) is 3.04. The predicted molar refractivity (Wildman–Crippen MR) is 172 cm³/mol. The molecule has 0 spiro atoms. The lowest BCUT2D eigenvalue weighted by Crippen LogP contribution is -2.53. The summed E-state index contributed by atoms with van der Waals surface area (Å²) in [4.78, 5) is 29.0. The van der Waals surface area contributed by atoms with E-state index in [2.05, 4.69) is 5.32 Å². The van der Waals surface area contributed by atoms with Gasteiger partial charge in [-0.2, -0.15) is 0 Å². The van der Waals surface area contributed by atoms with Gasteiger partial charge in [0.2, 0.25) is 11.8 Å². The summed E-state index contributed by atoms with van der Waals surface area (Å²) in [5.74, 6) is -0.0737. The van der Waals surface area contributed by atoms with Crippen LogP contribution in [-0.4, -0.2) is 64.5 Å². The molecule has 0 aromatic heterocycles. The van der Waals surface area contributed by atoms with Gasteiger partial charge in [0.05, 0.1) is 24.8 Å². The first-order chi connectivity index (χ1) is 21.1. The molecule has 3 aromatic rings. The van der Waals surface area contributed by atoms with Crippen LogP contribution < -0.4 is 19.1 Å². The number of ether oxygens (including phenoxy) is 2. The molecule has 4 rings (SSSR count). The Bertz CT molecular complexity index is 1510. The van der Waals surface area contributed by atoms with Crippen LogP contribution in [0.15, 0.2) is 77.7 Å². The molecular formula is C34H43N3O6S. The second kappa shape index (κ2) is 15.1. The number of hydrogen-bond donors (Lipinski definition) is 1. The molecule has 44 heavy (non-hydrogen) atoms. The van der Waals surface area contributed by atoms with Crippen LogP contribution in [0.3, 0.4) is 0 Å². The summed E-state index contributed by atoms with van der Waals surface area (Å²) in [5, 5.41) is 3.13. The molecule has 0 radical (unpaired) electrons. The lowest BCUT2D eigenvalue weighted by Gasteiger charge is -2.33. The molecule has 0 unspecified atom stereocenters. The third kappa shape index (κ3) is 8.11. The van der Waals surface area contributed by atoms with Crippen LogP contribution in [0.25, 0.3) is 0 Å². The van der Waals surface area contributed by atoms with Gasteiger partial charge in [0.1, 0.15) is 12.6 Å². The van der Waals surface area contributed by atoms with Gasteiger partial charge >= 0.3 is 0 Å². The molecular weight excluding hydrogens is 578 g/mol. The standard InChI is InChI=1S/C34H43N3O6S/c1-25-15-17-29(18-16-25)37(44(40,41)30-19-20-31(42-3)32(23-30)43-4)24-33(38)36(22-21-27-11-7-5-8-12-27)26(2)34(39)35-28-13-9-6-10-14-28/h5,7-8,11-12,15-20,23,26,28H,6,9-10,13-14,21-22,24H2,1-4H3,(H,35,39)/t26-/m0/s1. The Kier molecular flexibility index (Phi) is 11.3. The van der Waals surface area contributed by atoms with Crippen molar-refractivity contribution in [3.63, 3.8) is 0 Å². The summed E-state index contributed by atoms with van der Waals surface area (Å²) in [6.45, 7) is 3.37. The number of rotatable bonds is 13. The minimum Gasteiger partial charge on any atom is -0.493 e. The van der Waals surface area contributed by atoms with Gasteiger partial charge in [0.15, 0.2) is 11.5 Å². The molecule has 3 aromatic carbocycles. The van der Waals surface area contributed by atoms with Gasteiger partial charge in [-0.25, -0.2) is 8.42 Å². The van der Waals surface area contributed by atoms with Crippen molar-refractivity contribution >= 4 is 27.5 Å². The molecule has 1 fully saturated rings. The zero-order chi connectivity index (χ0) is 31.7.